The van der Waals surface area contributed by atoms with Crippen LogP contribution in [0.2, 0.25) is 0 Å². The lowest BCUT2D eigenvalue weighted by molar-refractivity contribution is 1.17. The molecule has 0 saturated heterocycles. The molecule has 0 saturated carbocycles. The van der Waals surface area contributed by atoms with Gasteiger partial charge < -0.3 is 13.7 Å². The highest BCUT2D eigenvalue weighted by molar-refractivity contribution is 6.26. The van der Waals surface area contributed by atoms with Crippen molar-refractivity contribution in [2.75, 3.05) is 0 Å². The molecule has 0 fully saturated rings. The van der Waals surface area contributed by atoms with E-state index >= 15 is 0 Å². The molecule has 12 rings (SSSR count). The third-order valence-corrected chi connectivity index (χ3v) is 12.3. The maximum atomic E-state index is 10.3. The van der Waals surface area contributed by atoms with E-state index in [4.69, 9.17) is 0 Å². The smallest absolute Gasteiger partial charge is 0.0998 e. The summed E-state index contributed by atoms with van der Waals surface area (Å²) in [5, 5.41) is 27.3. The van der Waals surface area contributed by atoms with Crippen LogP contribution in [-0.2, 0) is 0 Å². The van der Waals surface area contributed by atoms with Gasteiger partial charge in [-0.25, -0.2) is 0 Å². The van der Waals surface area contributed by atoms with Crippen molar-refractivity contribution in [2.45, 2.75) is 0 Å². The number of para-hydroxylation sites is 4. The van der Waals surface area contributed by atoms with Crippen LogP contribution in [0.3, 0.4) is 0 Å². The van der Waals surface area contributed by atoms with E-state index < -0.39 is 0 Å². The fraction of sp³-hybridized carbons (Fsp3) is 0. The van der Waals surface area contributed by atoms with Crippen molar-refractivity contribution in [1.82, 2.24) is 13.7 Å². The Morgan fingerprint density at radius 2 is 0.902 bits per heavy atom. The summed E-state index contributed by atoms with van der Waals surface area (Å²) < 4.78 is 7.19. The first-order valence-electron chi connectivity index (χ1n) is 20.4. The molecule has 0 N–H and O–H groups in total. The van der Waals surface area contributed by atoms with Crippen LogP contribution in [0.4, 0.5) is 0 Å². The van der Waals surface area contributed by atoms with Gasteiger partial charge in [0.1, 0.15) is 0 Å². The monoisotopic (exact) mass is 775 g/mol. The summed E-state index contributed by atoms with van der Waals surface area (Å²) in [5.74, 6) is 0. The van der Waals surface area contributed by atoms with E-state index in [2.05, 4.69) is 190 Å². The Morgan fingerprint density at radius 3 is 1.61 bits per heavy atom. The predicted octanol–water partition coefficient (Wildman–Crippen LogP) is 14.1. The molecule has 0 radical (unpaired) electrons. The summed E-state index contributed by atoms with van der Waals surface area (Å²) >= 11 is 0. The van der Waals surface area contributed by atoms with Crippen molar-refractivity contribution in [3.8, 4) is 51.5 Å². The maximum absolute atomic E-state index is 10.3. The summed E-state index contributed by atoms with van der Waals surface area (Å²) in [4.78, 5) is 0. The summed E-state index contributed by atoms with van der Waals surface area (Å²) in [6.07, 6.45) is 0. The van der Waals surface area contributed by atoms with E-state index in [1.165, 1.54) is 32.6 Å². The number of fused-ring (bicyclic) bond motifs is 10. The lowest BCUT2D eigenvalue weighted by Gasteiger charge is -2.16. The molecular weight excluding hydrogens is 743 g/mol. The van der Waals surface area contributed by atoms with Crippen LogP contribution >= 0.6 is 0 Å². The van der Waals surface area contributed by atoms with E-state index in [0.717, 1.165) is 72.2 Å². The summed E-state index contributed by atoms with van der Waals surface area (Å²) in [7, 11) is 0. The van der Waals surface area contributed by atoms with Gasteiger partial charge in [-0.1, -0.05) is 115 Å². The van der Waals surface area contributed by atoms with Crippen molar-refractivity contribution >= 4 is 65.4 Å². The highest BCUT2D eigenvalue weighted by Crippen LogP contribution is 2.45. The molecule has 12 aromatic rings. The van der Waals surface area contributed by atoms with Crippen LogP contribution in [0.15, 0.2) is 200 Å². The molecule has 61 heavy (non-hydrogen) atoms. The molecule has 5 nitrogen and oxygen atoms in total. The average molecular weight is 776 g/mol. The minimum atomic E-state index is 0.510. The number of nitrogens with zero attached hydrogens (tertiary/aromatic N) is 5. The lowest BCUT2D eigenvalue weighted by Crippen LogP contribution is -1.98. The van der Waals surface area contributed by atoms with Gasteiger partial charge in [0.15, 0.2) is 0 Å². The Morgan fingerprint density at radius 1 is 0.328 bits per heavy atom. The molecule has 0 bridgehead atoms. The Balaban J connectivity index is 1.22. The van der Waals surface area contributed by atoms with Gasteiger partial charge in [-0.2, -0.15) is 10.5 Å². The number of aromatic nitrogens is 3. The fourth-order valence-electron chi connectivity index (χ4n) is 9.71. The zero-order chi connectivity index (χ0) is 40.6. The van der Waals surface area contributed by atoms with Gasteiger partial charge in [-0.3, -0.25) is 0 Å². The van der Waals surface area contributed by atoms with Crippen LogP contribution < -0.4 is 0 Å². The largest absolute Gasteiger partial charge is 0.309 e. The molecule has 5 heteroatoms. The van der Waals surface area contributed by atoms with Crippen molar-refractivity contribution in [3.05, 3.63) is 211 Å². The van der Waals surface area contributed by atoms with E-state index in [1.807, 2.05) is 24.3 Å². The molecule has 0 aliphatic carbocycles. The molecule has 9 aromatic carbocycles. The second-order valence-corrected chi connectivity index (χ2v) is 15.5. The van der Waals surface area contributed by atoms with Gasteiger partial charge in [0.25, 0.3) is 0 Å². The Hall–Kier alpha value is -8.64. The Bertz CT molecular complexity index is 3780. The highest BCUT2D eigenvalue weighted by Gasteiger charge is 2.23. The molecular formula is C56H33N5. The molecule has 3 heterocycles. The van der Waals surface area contributed by atoms with Gasteiger partial charge >= 0.3 is 0 Å². The third-order valence-electron chi connectivity index (χ3n) is 12.3. The first kappa shape index (κ1) is 34.4. The van der Waals surface area contributed by atoms with Crippen molar-refractivity contribution < 1.29 is 0 Å². The molecule has 0 amide bonds. The second kappa shape index (κ2) is 13.5. The van der Waals surface area contributed by atoms with E-state index in [-0.39, 0.29) is 0 Å². The van der Waals surface area contributed by atoms with Gasteiger partial charge in [-0.05, 0) is 102 Å². The maximum Gasteiger partial charge on any atom is 0.0998 e. The van der Waals surface area contributed by atoms with Gasteiger partial charge in [0.05, 0.1) is 56.4 Å². The minimum Gasteiger partial charge on any atom is -0.309 e. The molecule has 0 aliphatic heterocycles. The van der Waals surface area contributed by atoms with Crippen molar-refractivity contribution in [2.24, 2.45) is 0 Å². The van der Waals surface area contributed by atoms with Crippen LogP contribution in [0.1, 0.15) is 11.1 Å². The molecule has 0 aliphatic rings. The summed E-state index contributed by atoms with van der Waals surface area (Å²) in [5.41, 5.74) is 14.6. The summed E-state index contributed by atoms with van der Waals surface area (Å²) in [6, 6.07) is 74.9. The molecule has 282 valence electrons. The van der Waals surface area contributed by atoms with Crippen LogP contribution in [0.25, 0.3) is 105 Å². The number of nitriles is 2. The van der Waals surface area contributed by atoms with Crippen LogP contribution in [0.5, 0.6) is 0 Å². The SMILES string of the molecule is N#Cc1ccc(C#N)c(-c2ccc(-n3c4ccc(-n5c6ccccc6c6ccccc65)cc4c4ccc5c(c6ccccc6n5-c5ccccc5)c43)cc2-c2ccccc2)c1. The van der Waals surface area contributed by atoms with Gasteiger partial charge in [0, 0.05) is 54.9 Å². The first-order valence-corrected chi connectivity index (χ1v) is 20.4. The lowest BCUT2D eigenvalue weighted by atomic mass is 9.90. The van der Waals surface area contributed by atoms with Crippen molar-refractivity contribution in [1.29, 1.82) is 10.5 Å². The Kier molecular flexibility index (Phi) is 7.59. The minimum absolute atomic E-state index is 0.510. The Labute approximate surface area is 351 Å². The second-order valence-electron chi connectivity index (χ2n) is 15.5. The van der Waals surface area contributed by atoms with Crippen molar-refractivity contribution in [3.63, 3.8) is 0 Å². The number of hydrogen-bond donors (Lipinski definition) is 0. The molecule has 0 spiro atoms. The zero-order valence-electron chi connectivity index (χ0n) is 32.8. The van der Waals surface area contributed by atoms with Crippen LogP contribution in [0, 0.1) is 22.7 Å². The number of hydrogen-bond acceptors (Lipinski definition) is 2. The fourth-order valence-corrected chi connectivity index (χ4v) is 9.71. The average Bonchev–Trinajstić information content (AvgIpc) is 3.97. The van der Waals surface area contributed by atoms with Gasteiger partial charge in [0.2, 0.25) is 0 Å². The van der Waals surface area contributed by atoms with E-state index in [0.29, 0.717) is 11.1 Å². The molecule has 3 aromatic heterocycles. The predicted molar refractivity (Wildman–Crippen MR) is 250 cm³/mol. The quantitative estimate of drug-likeness (QED) is 0.175. The first-order chi connectivity index (χ1) is 30.2. The number of benzene rings is 9. The normalized spacial score (nSPS) is 11.6. The molecule has 0 atom stereocenters. The van der Waals surface area contributed by atoms with Gasteiger partial charge in [-0.15, -0.1) is 0 Å². The number of rotatable bonds is 5. The zero-order valence-corrected chi connectivity index (χ0v) is 32.8. The van der Waals surface area contributed by atoms with E-state index in [1.54, 1.807) is 12.1 Å². The summed E-state index contributed by atoms with van der Waals surface area (Å²) in [6.45, 7) is 0. The van der Waals surface area contributed by atoms with Crippen LogP contribution in [-0.4, -0.2) is 13.7 Å². The van der Waals surface area contributed by atoms with E-state index in [9.17, 15) is 10.5 Å². The third kappa shape index (κ3) is 5.12. The standard InChI is InChI=1S/C56H33N5/c57-34-36-23-24-38(35-58)47(31-36)42-27-25-41(32-48(42)37-13-3-1-4-14-37)61-53-29-26-40(60-50-20-10-7-17-43(50)44-18-8-11-21-51(44)60)33-49(53)45-28-30-54-55(56(45)61)46-19-9-12-22-52(46)59(54)39-15-5-2-6-16-39/h1-33H. The highest BCUT2D eigenvalue weighted by atomic mass is 15.0. The molecule has 0 unspecified atom stereocenters. The topological polar surface area (TPSA) is 62.4 Å².